The zero-order valence-electron chi connectivity index (χ0n) is 30.4. The Bertz CT molecular complexity index is 1900. The lowest BCUT2D eigenvalue weighted by Gasteiger charge is -2.34. The fourth-order valence-electron chi connectivity index (χ4n) is 6.14. The number of hydrogen-bond acceptors (Lipinski definition) is 14. The predicted molar refractivity (Wildman–Crippen MR) is 214 cm³/mol. The van der Waals surface area contributed by atoms with E-state index in [4.69, 9.17) is 11.6 Å². The molecular weight excluding hydrogens is 743 g/mol. The molecule has 0 amide bonds. The molecule has 0 N–H and O–H groups in total. The third kappa shape index (κ3) is 10.4. The summed E-state index contributed by atoms with van der Waals surface area (Å²) in [6, 6.07) is 14.9. The van der Waals surface area contributed by atoms with Crippen LogP contribution in [-0.4, -0.2) is 114 Å². The van der Waals surface area contributed by atoms with Crippen LogP contribution >= 0.6 is 34.7 Å². The van der Waals surface area contributed by atoms with Crippen molar-refractivity contribution in [2.75, 3.05) is 75.2 Å². The van der Waals surface area contributed by atoms with Gasteiger partial charge in [0.2, 0.25) is 10.3 Å². The summed E-state index contributed by atoms with van der Waals surface area (Å²) in [5.41, 5.74) is 4.22. The SMILES string of the molecule is Cc1ncc(-c2nsc(N3CCN(CCc4ccc(Cl)cc4)CC3)n2)cn1.Cc1ncc(-c2nsc(N3CCN(CCc4ccc(F)cc4)CC3)n2)cn1. The fraction of sp³-hybridized carbons (Fsp3) is 0.368. The molecule has 54 heavy (non-hydrogen) atoms. The van der Waals surface area contributed by atoms with Gasteiger partial charge in [0.25, 0.3) is 0 Å². The molecule has 2 saturated heterocycles. The molecule has 8 rings (SSSR count). The van der Waals surface area contributed by atoms with Crippen molar-refractivity contribution in [2.45, 2.75) is 26.7 Å². The number of nitrogens with zero attached hydrogens (tertiary/aromatic N) is 12. The number of benzene rings is 2. The van der Waals surface area contributed by atoms with E-state index in [-0.39, 0.29) is 5.82 Å². The normalized spacial score (nSPS) is 15.3. The molecular formula is C38H42ClFN12S2. The van der Waals surface area contributed by atoms with Gasteiger partial charge in [0.1, 0.15) is 17.5 Å². The van der Waals surface area contributed by atoms with E-state index in [2.05, 4.69) is 70.4 Å². The minimum absolute atomic E-state index is 0.180. The van der Waals surface area contributed by atoms with Gasteiger partial charge < -0.3 is 9.80 Å². The van der Waals surface area contributed by atoms with Crippen LogP contribution in [0.4, 0.5) is 14.7 Å². The largest absolute Gasteiger partial charge is 0.344 e. The second kappa shape index (κ2) is 18.2. The summed E-state index contributed by atoms with van der Waals surface area (Å²) in [5.74, 6) is 2.71. The first-order valence-electron chi connectivity index (χ1n) is 18.0. The highest BCUT2D eigenvalue weighted by molar-refractivity contribution is 7.10. The van der Waals surface area contributed by atoms with Crippen molar-refractivity contribution < 1.29 is 4.39 Å². The smallest absolute Gasteiger partial charge is 0.205 e. The number of anilines is 2. The molecule has 0 bridgehead atoms. The number of halogens is 2. The first-order valence-corrected chi connectivity index (χ1v) is 20.0. The van der Waals surface area contributed by atoms with Gasteiger partial charge in [-0.1, -0.05) is 35.9 Å². The Labute approximate surface area is 328 Å². The monoisotopic (exact) mass is 784 g/mol. The molecule has 6 aromatic rings. The summed E-state index contributed by atoms with van der Waals surface area (Å²) in [6.45, 7) is 13.7. The molecule has 0 radical (unpaired) electrons. The zero-order chi connectivity index (χ0) is 37.3. The van der Waals surface area contributed by atoms with Crippen LogP contribution in [0.3, 0.4) is 0 Å². The molecule has 0 aliphatic carbocycles. The first kappa shape index (κ1) is 37.8. The zero-order valence-corrected chi connectivity index (χ0v) is 32.7. The van der Waals surface area contributed by atoms with Crippen molar-refractivity contribution >= 4 is 44.9 Å². The Morgan fingerprint density at radius 3 is 1.37 bits per heavy atom. The maximum Gasteiger partial charge on any atom is 0.205 e. The molecule has 16 heteroatoms. The Balaban J connectivity index is 0.000000167. The number of aromatic nitrogens is 8. The lowest BCUT2D eigenvalue weighted by molar-refractivity contribution is 0.261. The highest BCUT2D eigenvalue weighted by atomic mass is 35.5. The molecule has 0 atom stereocenters. The van der Waals surface area contributed by atoms with Crippen LogP contribution in [0.15, 0.2) is 73.3 Å². The Morgan fingerprint density at radius 2 is 0.963 bits per heavy atom. The number of rotatable bonds is 10. The summed E-state index contributed by atoms with van der Waals surface area (Å²) in [5, 5.41) is 2.72. The summed E-state index contributed by atoms with van der Waals surface area (Å²) < 4.78 is 21.9. The third-order valence-corrected chi connectivity index (χ3v) is 11.3. The van der Waals surface area contributed by atoms with Crippen LogP contribution in [0, 0.1) is 19.7 Å². The Kier molecular flexibility index (Phi) is 12.7. The Hall–Kier alpha value is -4.54. The lowest BCUT2D eigenvalue weighted by Crippen LogP contribution is -2.47. The van der Waals surface area contributed by atoms with E-state index in [1.807, 2.05) is 38.1 Å². The minimum atomic E-state index is -0.180. The molecule has 2 fully saturated rings. The average molecular weight is 785 g/mol. The van der Waals surface area contributed by atoms with Gasteiger partial charge in [-0.3, -0.25) is 9.80 Å². The highest BCUT2D eigenvalue weighted by Crippen LogP contribution is 2.26. The van der Waals surface area contributed by atoms with Crippen molar-refractivity contribution in [3.8, 4) is 22.8 Å². The topological polar surface area (TPSA) is 116 Å². The van der Waals surface area contributed by atoms with Crippen molar-refractivity contribution in [3.63, 3.8) is 0 Å². The quantitative estimate of drug-likeness (QED) is 0.159. The van der Waals surface area contributed by atoms with Crippen LogP contribution in [0.5, 0.6) is 0 Å². The molecule has 0 saturated carbocycles. The third-order valence-electron chi connectivity index (χ3n) is 9.45. The summed E-state index contributed by atoms with van der Waals surface area (Å²) in [6.07, 6.45) is 9.08. The average Bonchev–Trinajstić information content (AvgIpc) is 3.91. The molecule has 0 unspecified atom stereocenters. The van der Waals surface area contributed by atoms with E-state index in [0.29, 0.717) is 11.6 Å². The summed E-state index contributed by atoms with van der Waals surface area (Å²) in [4.78, 5) is 35.7. The van der Waals surface area contributed by atoms with Gasteiger partial charge >= 0.3 is 0 Å². The van der Waals surface area contributed by atoms with Crippen LogP contribution in [0.1, 0.15) is 22.8 Å². The van der Waals surface area contributed by atoms with Gasteiger partial charge in [-0.2, -0.15) is 18.7 Å². The number of piperazine rings is 2. The van der Waals surface area contributed by atoms with E-state index in [0.717, 1.165) is 116 Å². The van der Waals surface area contributed by atoms with E-state index in [9.17, 15) is 4.39 Å². The molecule has 2 aliphatic heterocycles. The maximum absolute atomic E-state index is 13.0. The summed E-state index contributed by atoms with van der Waals surface area (Å²) >= 11 is 8.82. The lowest BCUT2D eigenvalue weighted by atomic mass is 10.1. The van der Waals surface area contributed by atoms with E-state index < -0.39 is 0 Å². The standard InChI is InChI=1S/C19H21ClN6S.C19H21FN6S/c2*1-14-21-12-16(13-22-14)18-23-19(27-24-18)26-10-8-25(9-11-26)7-6-15-2-4-17(20)5-3-15/h2*2-5,12-13H,6-11H2,1H3. The second-order valence-corrected chi connectivity index (χ2v) is 15.1. The first-order chi connectivity index (χ1) is 26.3. The van der Waals surface area contributed by atoms with Gasteiger partial charge in [0.15, 0.2) is 11.6 Å². The molecule has 0 spiro atoms. The van der Waals surface area contributed by atoms with Crippen molar-refractivity contribution in [2.24, 2.45) is 0 Å². The van der Waals surface area contributed by atoms with Crippen LogP contribution < -0.4 is 9.80 Å². The molecule has 280 valence electrons. The highest BCUT2D eigenvalue weighted by Gasteiger charge is 2.22. The molecule has 4 aromatic heterocycles. The van der Waals surface area contributed by atoms with E-state index >= 15 is 0 Å². The van der Waals surface area contributed by atoms with Gasteiger partial charge in [0.05, 0.1) is 11.1 Å². The second-order valence-electron chi connectivity index (χ2n) is 13.2. The minimum Gasteiger partial charge on any atom is -0.344 e. The van der Waals surface area contributed by atoms with Crippen LogP contribution in [0.25, 0.3) is 22.8 Å². The molecule has 2 aromatic carbocycles. The van der Waals surface area contributed by atoms with Crippen molar-refractivity contribution in [3.05, 3.63) is 107 Å². The summed E-state index contributed by atoms with van der Waals surface area (Å²) in [7, 11) is 0. The predicted octanol–water partition coefficient (Wildman–Crippen LogP) is 6.13. The van der Waals surface area contributed by atoms with Crippen molar-refractivity contribution in [1.29, 1.82) is 0 Å². The Morgan fingerprint density at radius 1 is 0.574 bits per heavy atom. The molecule has 12 nitrogen and oxygen atoms in total. The van der Waals surface area contributed by atoms with E-state index in [1.54, 1.807) is 24.8 Å². The van der Waals surface area contributed by atoms with Gasteiger partial charge in [-0.25, -0.2) is 24.3 Å². The van der Waals surface area contributed by atoms with Gasteiger partial charge in [-0.15, -0.1) is 0 Å². The number of aryl methyl sites for hydroxylation is 2. The van der Waals surface area contributed by atoms with Crippen molar-refractivity contribution in [1.82, 2.24) is 48.5 Å². The molecule has 6 heterocycles. The molecule has 2 aliphatic rings. The van der Waals surface area contributed by atoms with Gasteiger partial charge in [0, 0.05) is 118 Å². The number of hydrogen-bond donors (Lipinski definition) is 0. The fourth-order valence-corrected chi connectivity index (χ4v) is 7.75. The van der Waals surface area contributed by atoms with E-state index in [1.165, 1.54) is 46.3 Å². The maximum atomic E-state index is 13.0. The van der Waals surface area contributed by atoms with Crippen LogP contribution in [-0.2, 0) is 12.8 Å². The van der Waals surface area contributed by atoms with Gasteiger partial charge in [-0.05, 0) is 62.1 Å². The van der Waals surface area contributed by atoms with Crippen LogP contribution in [0.2, 0.25) is 5.02 Å².